The zero-order valence-corrected chi connectivity index (χ0v) is 12.7. The van der Waals surface area contributed by atoms with E-state index >= 15 is 0 Å². The Morgan fingerprint density at radius 2 is 2.05 bits per heavy atom. The van der Waals surface area contributed by atoms with Crippen LogP contribution in [0.2, 0.25) is 5.02 Å². The topological polar surface area (TPSA) is 60.4 Å². The molecule has 0 saturated heterocycles. The lowest BCUT2D eigenvalue weighted by molar-refractivity contribution is 0.0336. The van der Waals surface area contributed by atoms with Gasteiger partial charge < -0.3 is 4.74 Å². The van der Waals surface area contributed by atoms with Crippen molar-refractivity contribution in [1.82, 2.24) is 0 Å². The monoisotopic (exact) mass is 304 g/mol. The van der Waals surface area contributed by atoms with Gasteiger partial charge in [-0.05, 0) is 38.0 Å². The van der Waals surface area contributed by atoms with Crippen LogP contribution in [0.1, 0.15) is 29.3 Å². The second kappa shape index (κ2) is 6.39. The standard InChI is InChI=1S/C13H17ClO4S/c1-9-4-5-11(12(14)8-9)13(15)18-10(2)6-7-19(3,16)17/h4-5,8,10H,6-7H2,1-3H3. The van der Waals surface area contributed by atoms with E-state index in [0.717, 1.165) is 11.8 Å². The van der Waals surface area contributed by atoms with Gasteiger partial charge in [0.1, 0.15) is 15.9 Å². The van der Waals surface area contributed by atoms with E-state index in [0.29, 0.717) is 10.6 Å². The predicted molar refractivity (Wildman–Crippen MR) is 75.4 cm³/mol. The molecule has 0 aliphatic rings. The van der Waals surface area contributed by atoms with Gasteiger partial charge in [0.25, 0.3) is 0 Å². The second-order valence-electron chi connectivity index (χ2n) is 4.62. The average Bonchev–Trinajstić information content (AvgIpc) is 2.25. The summed E-state index contributed by atoms with van der Waals surface area (Å²) in [4.78, 5) is 11.9. The second-order valence-corrected chi connectivity index (χ2v) is 7.28. The minimum absolute atomic E-state index is 0.0108. The quantitative estimate of drug-likeness (QED) is 0.785. The number of esters is 1. The van der Waals surface area contributed by atoms with Crippen molar-refractivity contribution in [2.45, 2.75) is 26.4 Å². The first-order valence-electron chi connectivity index (χ1n) is 5.84. The normalized spacial score (nSPS) is 13.1. The van der Waals surface area contributed by atoms with Crippen molar-refractivity contribution < 1.29 is 17.9 Å². The van der Waals surface area contributed by atoms with Gasteiger partial charge >= 0.3 is 5.97 Å². The number of ether oxygens (including phenoxy) is 1. The Balaban J connectivity index is 2.64. The minimum atomic E-state index is -3.05. The molecule has 1 aromatic rings. The Morgan fingerprint density at radius 3 is 2.58 bits per heavy atom. The fourth-order valence-corrected chi connectivity index (χ4v) is 2.54. The Kier molecular flexibility index (Phi) is 5.38. The van der Waals surface area contributed by atoms with Crippen LogP contribution in [-0.4, -0.2) is 32.5 Å². The molecule has 19 heavy (non-hydrogen) atoms. The summed E-state index contributed by atoms with van der Waals surface area (Å²) < 4.78 is 27.2. The van der Waals surface area contributed by atoms with Crippen LogP contribution >= 0.6 is 11.6 Å². The average molecular weight is 305 g/mol. The van der Waals surface area contributed by atoms with Crippen LogP contribution in [0.4, 0.5) is 0 Å². The van der Waals surface area contributed by atoms with Gasteiger partial charge in [0.05, 0.1) is 16.3 Å². The molecular weight excluding hydrogens is 288 g/mol. The molecule has 0 fully saturated rings. The van der Waals surface area contributed by atoms with Crippen molar-refractivity contribution in [2.24, 2.45) is 0 Å². The van der Waals surface area contributed by atoms with Crippen LogP contribution in [0.15, 0.2) is 18.2 Å². The third-order valence-electron chi connectivity index (χ3n) is 2.55. The van der Waals surface area contributed by atoms with E-state index in [4.69, 9.17) is 16.3 Å². The smallest absolute Gasteiger partial charge is 0.339 e. The first-order valence-corrected chi connectivity index (χ1v) is 8.28. The van der Waals surface area contributed by atoms with Gasteiger partial charge in [0.15, 0.2) is 0 Å². The summed E-state index contributed by atoms with van der Waals surface area (Å²) in [6.07, 6.45) is 0.950. The van der Waals surface area contributed by atoms with E-state index in [9.17, 15) is 13.2 Å². The van der Waals surface area contributed by atoms with Gasteiger partial charge in [0, 0.05) is 6.26 Å². The number of hydrogen-bond acceptors (Lipinski definition) is 4. The number of halogens is 1. The lowest BCUT2D eigenvalue weighted by atomic mass is 10.1. The number of hydrogen-bond donors (Lipinski definition) is 0. The van der Waals surface area contributed by atoms with Crippen LogP contribution in [0.3, 0.4) is 0 Å². The van der Waals surface area contributed by atoms with E-state index in [1.165, 1.54) is 0 Å². The molecule has 1 atom stereocenters. The summed E-state index contributed by atoms with van der Waals surface area (Å²) >= 11 is 5.96. The van der Waals surface area contributed by atoms with E-state index in [1.807, 2.05) is 6.92 Å². The van der Waals surface area contributed by atoms with Gasteiger partial charge in [-0.3, -0.25) is 0 Å². The maximum atomic E-state index is 11.9. The van der Waals surface area contributed by atoms with E-state index < -0.39 is 21.9 Å². The molecule has 0 aromatic heterocycles. The Labute approximate surface area is 118 Å². The third-order valence-corrected chi connectivity index (χ3v) is 3.84. The third kappa shape index (κ3) is 5.61. The summed E-state index contributed by atoms with van der Waals surface area (Å²) in [5.74, 6) is -0.547. The molecule has 0 aliphatic carbocycles. The first kappa shape index (κ1) is 16.0. The molecule has 0 bridgehead atoms. The molecule has 0 N–H and O–H groups in total. The molecule has 0 aliphatic heterocycles. The molecule has 4 nitrogen and oxygen atoms in total. The molecule has 6 heteroatoms. The number of benzene rings is 1. The SMILES string of the molecule is Cc1ccc(C(=O)OC(C)CCS(C)(=O)=O)c(Cl)c1. The van der Waals surface area contributed by atoms with Gasteiger partial charge in [-0.25, -0.2) is 13.2 Å². The zero-order valence-electron chi connectivity index (χ0n) is 11.1. The molecular formula is C13H17ClO4S. The Hall–Kier alpha value is -1.07. The van der Waals surface area contributed by atoms with Gasteiger partial charge in [0.2, 0.25) is 0 Å². The highest BCUT2D eigenvalue weighted by Crippen LogP contribution is 2.19. The maximum absolute atomic E-state index is 11.9. The zero-order chi connectivity index (χ0) is 14.6. The number of carbonyl (C=O) groups is 1. The van der Waals surface area contributed by atoms with Gasteiger partial charge in [-0.1, -0.05) is 17.7 Å². The van der Waals surface area contributed by atoms with E-state index in [2.05, 4.69) is 0 Å². The lowest BCUT2D eigenvalue weighted by Gasteiger charge is -2.13. The van der Waals surface area contributed by atoms with Crippen LogP contribution in [0.5, 0.6) is 0 Å². The van der Waals surface area contributed by atoms with Crippen LogP contribution in [-0.2, 0) is 14.6 Å². The van der Waals surface area contributed by atoms with Crippen molar-refractivity contribution in [3.8, 4) is 0 Å². The van der Waals surface area contributed by atoms with Crippen LogP contribution in [0.25, 0.3) is 0 Å². The van der Waals surface area contributed by atoms with Gasteiger partial charge in [-0.15, -0.1) is 0 Å². The Morgan fingerprint density at radius 1 is 1.42 bits per heavy atom. The lowest BCUT2D eigenvalue weighted by Crippen LogP contribution is -2.19. The number of rotatable bonds is 5. The van der Waals surface area contributed by atoms with Crippen molar-refractivity contribution in [3.05, 3.63) is 34.3 Å². The summed E-state index contributed by atoms with van der Waals surface area (Å²) in [6.45, 7) is 3.53. The molecule has 0 heterocycles. The molecule has 0 radical (unpaired) electrons. The van der Waals surface area contributed by atoms with Crippen molar-refractivity contribution in [1.29, 1.82) is 0 Å². The maximum Gasteiger partial charge on any atom is 0.339 e. The number of carbonyl (C=O) groups excluding carboxylic acids is 1. The largest absolute Gasteiger partial charge is 0.459 e. The van der Waals surface area contributed by atoms with Crippen LogP contribution < -0.4 is 0 Å². The molecule has 1 rings (SSSR count). The van der Waals surface area contributed by atoms with Crippen LogP contribution in [0, 0.1) is 6.92 Å². The molecule has 0 saturated carbocycles. The fourth-order valence-electron chi connectivity index (χ4n) is 1.47. The molecule has 1 unspecified atom stereocenters. The summed E-state index contributed by atoms with van der Waals surface area (Å²) in [7, 11) is -3.05. The van der Waals surface area contributed by atoms with E-state index in [-0.39, 0.29) is 12.2 Å². The summed E-state index contributed by atoms with van der Waals surface area (Å²) in [6, 6.07) is 5.05. The minimum Gasteiger partial charge on any atom is -0.459 e. The fraction of sp³-hybridized carbons (Fsp3) is 0.462. The van der Waals surface area contributed by atoms with Crippen molar-refractivity contribution >= 4 is 27.4 Å². The van der Waals surface area contributed by atoms with E-state index in [1.54, 1.807) is 25.1 Å². The number of aryl methyl sites for hydroxylation is 1. The highest BCUT2D eigenvalue weighted by Gasteiger charge is 2.16. The summed E-state index contributed by atoms with van der Waals surface area (Å²) in [5, 5.41) is 0.334. The predicted octanol–water partition coefficient (Wildman–Crippen LogP) is 2.63. The molecule has 106 valence electrons. The molecule has 1 aromatic carbocycles. The first-order chi connectivity index (χ1) is 8.69. The number of sulfone groups is 1. The van der Waals surface area contributed by atoms with Crippen molar-refractivity contribution in [3.63, 3.8) is 0 Å². The molecule has 0 spiro atoms. The molecule has 0 amide bonds. The highest BCUT2D eigenvalue weighted by atomic mass is 35.5. The summed E-state index contributed by atoms with van der Waals surface area (Å²) in [5.41, 5.74) is 1.24. The Bertz CT molecular complexity index is 566. The highest BCUT2D eigenvalue weighted by molar-refractivity contribution is 7.90. The van der Waals surface area contributed by atoms with Gasteiger partial charge in [-0.2, -0.15) is 0 Å². The van der Waals surface area contributed by atoms with Crippen molar-refractivity contribution in [2.75, 3.05) is 12.0 Å².